The first kappa shape index (κ1) is 15.9. The lowest BCUT2D eigenvalue weighted by molar-refractivity contribution is 0.192. The molecule has 0 aliphatic carbocycles. The lowest BCUT2D eigenvalue weighted by Gasteiger charge is -2.32. The van der Waals surface area contributed by atoms with E-state index in [9.17, 15) is 8.42 Å². The molecule has 3 rings (SSSR count). The van der Waals surface area contributed by atoms with E-state index >= 15 is 0 Å². The minimum absolute atomic E-state index is 0.0108. The number of hydrogen-bond donors (Lipinski definition) is 1. The molecule has 2 aromatic heterocycles. The van der Waals surface area contributed by atoms with Crippen molar-refractivity contribution in [2.75, 3.05) is 19.3 Å². The summed E-state index contributed by atoms with van der Waals surface area (Å²) >= 11 is 1.70. The minimum atomic E-state index is -3.14. The number of aryl methyl sites for hydroxylation is 2. The molecule has 0 spiro atoms. The van der Waals surface area contributed by atoms with Crippen molar-refractivity contribution >= 4 is 26.3 Å². The van der Waals surface area contributed by atoms with Crippen molar-refractivity contribution in [1.82, 2.24) is 19.0 Å². The van der Waals surface area contributed by atoms with Crippen molar-refractivity contribution in [3.05, 3.63) is 22.5 Å². The van der Waals surface area contributed by atoms with Crippen LogP contribution < -0.4 is 4.72 Å². The van der Waals surface area contributed by atoms with Crippen LogP contribution in [0.1, 0.15) is 29.1 Å². The molecule has 0 radical (unpaired) electrons. The molecule has 1 unspecified atom stereocenters. The Balaban J connectivity index is 1.75. The third-order valence-electron chi connectivity index (χ3n) is 4.00. The molecule has 1 saturated heterocycles. The van der Waals surface area contributed by atoms with E-state index in [2.05, 4.69) is 32.1 Å². The van der Waals surface area contributed by atoms with E-state index in [1.54, 1.807) is 11.3 Å². The van der Waals surface area contributed by atoms with Gasteiger partial charge in [-0.3, -0.25) is 9.30 Å². The molecule has 0 bridgehead atoms. The Labute approximate surface area is 135 Å². The largest absolute Gasteiger partial charge is 0.296 e. The number of piperidine rings is 1. The van der Waals surface area contributed by atoms with Crippen molar-refractivity contribution in [1.29, 1.82) is 0 Å². The molecule has 1 aliphatic rings. The minimum Gasteiger partial charge on any atom is -0.296 e. The summed E-state index contributed by atoms with van der Waals surface area (Å²) in [6.07, 6.45) is 5.27. The van der Waals surface area contributed by atoms with Crippen LogP contribution in [0, 0.1) is 13.8 Å². The van der Waals surface area contributed by atoms with Gasteiger partial charge in [0.2, 0.25) is 10.0 Å². The van der Waals surface area contributed by atoms with Crippen LogP contribution in [0.2, 0.25) is 0 Å². The summed E-state index contributed by atoms with van der Waals surface area (Å²) < 4.78 is 27.7. The van der Waals surface area contributed by atoms with E-state index in [0.717, 1.165) is 43.1 Å². The van der Waals surface area contributed by atoms with Gasteiger partial charge in [-0.05, 0) is 33.2 Å². The molecule has 1 fully saturated rings. The van der Waals surface area contributed by atoms with Crippen LogP contribution >= 0.6 is 11.3 Å². The number of rotatable bonds is 4. The van der Waals surface area contributed by atoms with E-state index < -0.39 is 10.0 Å². The van der Waals surface area contributed by atoms with Crippen molar-refractivity contribution in [3.8, 4) is 0 Å². The lowest BCUT2D eigenvalue weighted by atomic mass is 10.1. The Morgan fingerprint density at radius 1 is 1.45 bits per heavy atom. The number of nitrogens with zero attached hydrogens (tertiary/aromatic N) is 3. The summed E-state index contributed by atoms with van der Waals surface area (Å²) in [6, 6.07) is 0.0108. The number of sulfonamides is 1. The maximum atomic E-state index is 11.4. The SMILES string of the molecule is Cc1cn2c(CN3CCCC(NS(C)(=O)=O)C3)c(C)nc2s1. The van der Waals surface area contributed by atoms with Crippen LogP contribution in [0.25, 0.3) is 4.96 Å². The highest BCUT2D eigenvalue weighted by Crippen LogP contribution is 2.23. The fourth-order valence-electron chi connectivity index (χ4n) is 3.11. The Kier molecular flexibility index (Phi) is 4.28. The highest BCUT2D eigenvalue weighted by Gasteiger charge is 2.24. The molecule has 6 nitrogen and oxygen atoms in total. The van der Waals surface area contributed by atoms with Crippen LogP contribution in [0.15, 0.2) is 6.20 Å². The van der Waals surface area contributed by atoms with Gasteiger partial charge in [-0.25, -0.2) is 18.1 Å². The predicted octanol–water partition coefficient (Wildman–Crippen LogP) is 1.53. The standard InChI is InChI=1S/C14H22N4O2S2/c1-10-7-18-13(11(2)15-14(18)21-10)9-17-6-4-5-12(8-17)16-22(3,19)20/h7,12,16H,4-6,8-9H2,1-3H3. The maximum absolute atomic E-state index is 11.4. The first-order chi connectivity index (χ1) is 10.3. The summed E-state index contributed by atoms with van der Waals surface area (Å²) in [5.41, 5.74) is 2.27. The van der Waals surface area contributed by atoms with Crippen LogP contribution in [0.5, 0.6) is 0 Å². The van der Waals surface area contributed by atoms with Crippen molar-refractivity contribution in [2.45, 2.75) is 39.3 Å². The Hall–Kier alpha value is -0.960. The van der Waals surface area contributed by atoms with Gasteiger partial charge >= 0.3 is 0 Å². The van der Waals surface area contributed by atoms with Crippen LogP contribution in [0.3, 0.4) is 0 Å². The van der Waals surface area contributed by atoms with E-state index in [0.29, 0.717) is 0 Å². The van der Waals surface area contributed by atoms with Crippen LogP contribution in [-0.4, -0.2) is 48.1 Å². The summed E-state index contributed by atoms with van der Waals surface area (Å²) in [4.78, 5) is 9.22. The molecule has 1 atom stereocenters. The average Bonchev–Trinajstić information content (AvgIpc) is 2.86. The number of imidazole rings is 1. The Morgan fingerprint density at radius 2 is 2.23 bits per heavy atom. The van der Waals surface area contributed by atoms with Gasteiger partial charge in [0.05, 0.1) is 17.6 Å². The number of aromatic nitrogens is 2. The quantitative estimate of drug-likeness (QED) is 0.915. The summed E-state index contributed by atoms with van der Waals surface area (Å²) in [7, 11) is -3.14. The lowest BCUT2D eigenvalue weighted by Crippen LogP contribution is -2.47. The zero-order chi connectivity index (χ0) is 15.9. The highest BCUT2D eigenvalue weighted by molar-refractivity contribution is 7.88. The fraction of sp³-hybridized carbons (Fsp3) is 0.643. The number of thiazole rings is 1. The first-order valence-corrected chi connectivity index (χ1v) is 10.2. The number of fused-ring (bicyclic) bond motifs is 1. The molecule has 0 aromatic carbocycles. The van der Waals surface area contributed by atoms with E-state index in [4.69, 9.17) is 0 Å². The molecule has 0 saturated carbocycles. The van der Waals surface area contributed by atoms with Gasteiger partial charge in [0.15, 0.2) is 4.96 Å². The highest BCUT2D eigenvalue weighted by atomic mass is 32.2. The van der Waals surface area contributed by atoms with Crippen molar-refractivity contribution in [2.24, 2.45) is 0 Å². The van der Waals surface area contributed by atoms with Gasteiger partial charge in [0.25, 0.3) is 0 Å². The van der Waals surface area contributed by atoms with Crippen molar-refractivity contribution < 1.29 is 8.42 Å². The molecular weight excluding hydrogens is 320 g/mol. The van der Waals surface area contributed by atoms with Crippen LogP contribution in [0.4, 0.5) is 0 Å². The fourth-order valence-corrected chi connectivity index (χ4v) is 4.80. The molecular formula is C14H22N4O2S2. The number of hydrogen-bond acceptors (Lipinski definition) is 5. The zero-order valence-electron chi connectivity index (χ0n) is 13.2. The van der Waals surface area contributed by atoms with E-state index in [1.807, 2.05) is 6.92 Å². The van der Waals surface area contributed by atoms with E-state index in [1.165, 1.54) is 16.8 Å². The molecule has 8 heteroatoms. The second-order valence-electron chi connectivity index (χ2n) is 6.10. The molecule has 3 heterocycles. The van der Waals surface area contributed by atoms with Gasteiger partial charge in [0, 0.05) is 30.2 Å². The molecule has 22 heavy (non-hydrogen) atoms. The van der Waals surface area contributed by atoms with Crippen molar-refractivity contribution in [3.63, 3.8) is 0 Å². The monoisotopic (exact) mass is 342 g/mol. The second kappa shape index (κ2) is 5.92. The van der Waals surface area contributed by atoms with Crippen LogP contribution in [-0.2, 0) is 16.6 Å². The Morgan fingerprint density at radius 3 is 2.95 bits per heavy atom. The van der Waals surface area contributed by atoms with Gasteiger partial charge in [-0.1, -0.05) is 0 Å². The molecule has 2 aromatic rings. The van der Waals surface area contributed by atoms with Gasteiger partial charge in [-0.2, -0.15) is 0 Å². The number of nitrogens with one attached hydrogen (secondary N) is 1. The van der Waals surface area contributed by atoms with Gasteiger partial charge in [0.1, 0.15) is 0 Å². The summed E-state index contributed by atoms with van der Waals surface area (Å²) in [5.74, 6) is 0. The third-order valence-corrected chi connectivity index (χ3v) is 5.66. The maximum Gasteiger partial charge on any atom is 0.208 e. The average molecular weight is 342 g/mol. The molecule has 122 valence electrons. The third kappa shape index (κ3) is 3.51. The summed E-state index contributed by atoms with van der Waals surface area (Å²) in [5, 5.41) is 0. The summed E-state index contributed by atoms with van der Waals surface area (Å²) in [6.45, 7) is 6.69. The molecule has 1 N–H and O–H groups in total. The molecule has 0 amide bonds. The topological polar surface area (TPSA) is 66.7 Å². The number of likely N-dealkylation sites (tertiary alicyclic amines) is 1. The predicted molar refractivity (Wildman–Crippen MR) is 88.8 cm³/mol. The molecule has 1 aliphatic heterocycles. The zero-order valence-corrected chi connectivity index (χ0v) is 14.8. The normalized spacial score (nSPS) is 20.8. The van der Waals surface area contributed by atoms with Gasteiger partial charge < -0.3 is 0 Å². The Bertz CT molecular complexity index is 778. The van der Waals surface area contributed by atoms with E-state index in [-0.39, 0.29) is 6.04 Å². The first-order valence-electron chi connectivity index (χ1n) is 7.45. The smallest absolute Gasteiger partial charge is 0.208 e. The second-order valence-corrected chi connectivity index (χ2v) is 9.10. The van der Waals surface area contributed by atoms with Gasteiger partial charge in [-0.15, -0.1) is 11.3 Å².